The number of aryl methyl sites for hydroxylation is 1. The van der Waals surface area contributed by atoms with E-state index in [-0.39, 0.29) is 85.5 Å². The van der Waals surface area contributed by atoms with E-state index in [9.17, 15) is 96.7 Å². The Balaban J connectivity index is 0.712. The number of nitrogens with zero attached hydrogens (tertiary/aromatic N) is 7. The number of rotatable bonds is 40. The molecule has 13 atom stereocenters. The van der Waals surface area contributed by atoms with Gasteiger partial charge in [0.2, 0.25) is 29.5 Å². The number of aliphatic hydroxyl groups is 5. The highest BCUT2D eigenvalue weighted by Crippen LogP contribution is 2.63. The lowest BCUT2D eigenvalue weighted by molar-refractivity contribution is -0.228. The normalized spacial score (nSPS) is 23.3. The number of likely N-dealkylation sites (tertiary alicyclic amines) is 1. The Labute approximate surface area is 714 Å². The summed E-state index contributed by atoms with van der Waals surface area (Å²) in [5.41, 5.74) is 5.32. The second-order valence-electron chi connectivity index (χ2n) is 33.9. The maximum Gasteiger partial charge on any atom is 0.410 e. The number of carboxylic acids is 3. The van der Waals surface area contributed by atoms with Crippen LogP contribution in [0.2, 0.25) is 0 Å². The molecule has 5 aliphatic rings. The molecular weight excluding hydrogens is 1640 g/mol. The first-order valence-corrected chi connectivity index (χ1v) is 43.6. The molecule has 7 amide bonds. The van der Waals surface area contributed by atoms with Crippen molar-refractivity contribution in [2.24, 2.45) is 22.2 Å². The lowest BCUT2D eigenvalue weighted by Gasteiger charge is -2.58. The minimum absolute atomic E-state index is 0.00446. The molecule has 0 radical (unpaired) electrons. The molecule has 2 bridgehead atoms. The number of thiazole rings is 1. The molecule has 2 saturated carbocycles. The van der Waals surface area contributed by atoms with Crippen molar-refractivity contribution >= 4 is 108 Å². The summed E-state index contributed by atoms with van der Waals surface area (Å²) in [4.78, 5) is 146. The van der Waals surface area contributed by atoms with Gasteiger partial charge in [-0.25, -0.2) is 24.4 Å². The lowest BCUT2D eigenvalue weighted by Crippen LogP contribution is -2.59. The smallest absolute Gasteiger partial charge is 0.410 e. The van der Waals surface area contributed by atoms with Gasteiger partial charge in [0.15, 0.2) is 16.9 Å². The minimum atomic E-state index is -4.43. The monoisotopic (exact) mass is 1750 g/mol. The van der Waals surface area contributed by atoms with Gasteiger partial charge in [0.1, 0.15) is 48.9 Å². The fourth-order valence-electron chi connectivity index (χ4n) is 18.0. The number of hydrogen-bond donors (Lipinski definition) is 14. The van der Waals surface area contributed by atoms with E-state index in [0.29, 0.717) is 77.8 Å². The molecule has 6 aromatic rings. The van der Waals surface area contributed by atoms with Gasteiger partial charge < -0.3 is 95.8 Å². The lowest BCUT2D eigenvalue weighted by atomic mass is 9.48. The number of para-hydroxylation sites is 1. The summed E-state index contributed by atoms with van der Waals surface area (Å²) in [6.07, 6.45) is -3.72. The van der Waals surface area contributed by atoms with Gasteiger partial charge in [0.05, 0.1) is 79.8 Å². The topological polar surface area (TPSA) is 537 Å². The van der Waals surface area contributed by atoms with Crippen molar-refractivity contribution in [3.8, 4) is 11.1 Å². The molecule has 3 aromatic heterocycles. The molecule has 0 spiro atoms. The molecule has 2 saturated heterocycles. The molecule has 3 unspecified atom stereocenters. The standard InChI is InChI=1S/C84H110N12O25S2/c1-47(2)68(91-66(100)39-95-54(42-119-33-34-123(115,116)117)36-61(77(95)109)88-65(99)21-22-67(101)102)76(108)86-48(3)74(106)87-53-17-15-52(51(35-53)16-19-62-70(103)71(104)72(105)73(121-62)79(112)113)41-120-81(114)93(29-24-55(98)40-97)30-32-118-31-27-83(6)43-82(5)25-10-26-84(44-82,45-83)46-96-49(4)58(37-85-96)56-18-20-64(90-69(56)78(110)111)94-28-23-50-11-9-12-57(59(50)38-94)75(107)92-80-89-60-13-7-8-14-63(60)122-80/h7-9,11-15,17-18,20,35,37,47-48,54-55,61-62,68,70-73,97-98,103-105H,10,16,19,21-34,36,38-46H2,1-6H3,(H,86,108)(H,87,106)(H,88,99)(H,91,100)(H,101,102)(H,110,111)(H,112,113)(H,89,92,107)(H,115,116,117)/t48-,54-,55-,61-,62-,68-,70-,71+,72-,73-,82?,83?,84?/m0/s1. The Morgan fingerprint density at radius 2 is 1.59 bits per heavy atom. The van der Waals surface area contributed by atoms with Gasteiger partial charge in [0.25, 0.3) is 16.0 Å². The zero-order valence-corrected chi connectivity index (χ0v) is 71.1. The van der Waals surface area contributed by atoms with Gasteiger partial charge in [-0.05, 0) is 171 Å². The highest BCUT2D eigenvalue weighted by Gasteiger charge is 2.54. The number of carbonyl (C=O) groups is 10. The van der Waals surface area contributed by atoms with E-state index in [1.807, 2.05) is 59.0 Å². The Morgan fingerprint density at radius 1 is 0.813 bits per heavy atom. The molecule has 14 N–H and O–H groups in total. The van der Waals surface area contributed by atoms with Crippen LogP contribution >= 0.6 is 11.3 Å². The number of benzene rings is 3. The van der Waals surface area contributed by atoms with Gasteiger partial charge in [-0.1, -0.05) is 75.8 Å². The van der Waals surface area contributed by atoms with E-state index in [2.05, 4.69) is 45.4 Å². The van der Waals surface area contributed by atoms with Crippen LogP contribution in [0.5, 0.6) is 0 Å². The molecule has 4 fully saturated rings. The van der Waals surface area contributed by atoms with Crippen molar-refractivity contribution in [2.75, 3.05) is 80.5 Å². The highest BCUT2D eigenvalue weighted by atomic mass is 32.2. The average molecular weight is 1750 g/mol. The summed E-state index contributed by atoms with van der Waals surface area (Å²) in [7, 11) is -4.43. The van der Waals surface area contributed by atoms with E-state index in [4.69, 9.17) is 34.1 Å². The molecular formula is C84H110N12O25S2. The summed E-state index contributed by atoms with van der Waals surface area (Å²) < 4.78 is 58.0. The van der Waals surface area contributed by atoms with E-state index in [0.717, 1.165) is 70.5 Å². The Kier molecular flexibility index (Phi) is 30.9. The highest BCUT2D eigenvalue weighted by molar-refractivity contribution is 7.85. The maximum atomic E-state index is 14.3. The number of fused-ring (bicyclic) bond motifs is 4. The summed E-state index contributed by atoms with van der Waals surface area (Å²) in [5, 5.41) is 101. The first-order valence-electron chi connectivity index (χ1n) is 41.2. The number of aliphatic carboxylic acids is 2. The molecule has 123 heavy (non-hydrogen) atoms. The van der Waals surface area contributed by atoms with E-state index in [1.165, 1.54) is 41.4 Å². The molecule has 3 aliphatic heterocycles. The molecule has 3 aromatic carbocycles. The van der Waals surface area contributed by atoms with Crippen LogP contribution in [-0.4, -0.2) is 269 Å². The fourth-order valence-corrected chi connectivity index (χ4v) is 19.2. The molecule has 6 heterocycles. The van der Waals surface area contributed by atoms with Crippen LogP contribution in [0.1, 0.15) is 160 Å². The number of aromatic nitrogens is 4. The average Bonchev–Trinajstić information content (AvgIpc) is 1.58. The Bertz CT molecular complexity index is 4960. The zero-order valence-electron chi connectivity index (χ0n) is 69.5. The number of ether oxygens (including phenoxy) is 4. The number of nitrogens with one attached hydrogen (secondary N) is 5. The molecule has 668 valence electrons. The first-order chi connectivity index (χ1) is 58.3. The minimum Gasteiger partial charge on any atom is -0.481 e. The molecule has 2 aliphatic carbocycles. The van der Waals surface area contributed by atoms with Crippen molar-refractivity contribution in [1.29, 1.82) is 0 Å². The van der Waals surface area contributed by atoms with Crippen LogP contribution in [0.25, 0.3) is 21.3 Å². The third kappa shape index (κ3) is 24.0. The molecule has 37 nitrogen and oxygen atoms in total. The number of aliphatic hydroxyl groups excluding tert-OH is 5. The van der Waals surface area contributed by atoms with Gasteiger partial charge in [0, 0.05) is 73.8 Å². The second kappa shape index (κ2) is 40.6. The number of anilines is 3. The summed E-state index contributed by atoms with van der Waals surface area (Å²) in [5.74, 6) is -9.33. The number of pyridine rings is 1. The van der Waals surface area contributed by atoms with Gasteiger partial charge in [-0.15, -0.1) is 0 Å². The largest absolute Gasteiger partial charge is 0.481 e. The van der Waals surface area contributed by atoms with Crippen LogP contribution < -0.4 is 31.5 Å². The summed E-state index contributed by atoms with van der Waals surface area (Å²) in [6.45, 7) is 10.3. The van der Waals surface area contributed by atoms with Crippen LogP contribution in [-0.2, 0) is 95.2 Å². The van der Waals surface area contributed by atoms with Gasteiger partial charge in [-0.3, -0.25) is 48.1 Å². The van der Waals surface area contributed by atoms with Crippen molar-refractivity contribution in [1.82, 2.24) is 45.5 Å². The Morgan fingerprint density at radius 3 is 2.31 bits per heavy atom. The van der Waals surface area contributed by atoms with Crippen molar-refractivity contribution in [3.05, 3.63) is 118 Å². The van der Waals surface area contributed by atoms with Crippen LogP contribution in [0.15, 0.2) is 79.0 Å². The summed E-state index contributed by atoms with van der Waals surface area (Å²) >= 11 is 1.39. The third-order valence-corrected chi connectivity index (χ3v) is 25.5. The second-order valence-corrected chi connectivity index (χ2v) is 36.5. The molecule has 39 heteroatoms. The van der Waals surface area contributed by atoms with Crippen LogP contribution in [0.4, 0.5) is 21.4 Å². The van der Waals surface area contributed by atoms with Crippen molar-refractivity contribution < 1.29 is 121 Å². The van der Waals surface area contributed by atoms with Gasteiger partial charge >= 0.3 is 24.0 Å². The predicted molar refractivity (Wildman–Crippen MR) is 445 cm³/mol. The first kappa shape index (κ1) is 93.5. The Hall–Kier alpha value is -10.2. The SMILES string of the molecule is Cc1c(-c2ccc(N3CCc4cccc(C(=O)Nc5nc6ccccc6s5)c4C3)nc2C(=O)O)cnn1CC12CCCC(C)(CC(C)(CCOCCN(CC[C@H](O)CO)C(=O)OCc3ccc(NC(=O)[C@H](C)NC(=O)[C@@H](NC(=O)CN4C(=O)[C@@H](NC(=O)CCC(=O)O)C[C@H]4COCCS(=O)(=O)O)C(C)C)cc3CC[C@@H]3O[C@H](C(=O)O)[C@@H](O)[C@H](O)[C@H]3O)C1)C2. The molecule has 11 rings (SSSR count). The predicted octanol–water partition coefficient (Wildman–Crippen LogP) is 4.84. The van der Waals surface area contributed by atoms with E-state index < -0.39 is 175 Å². The number of aromatic carboxylic acids is 1. The fraction of sp³-hybridized carbons (Fsp3) is 0.560. The number of carbonyl (C=O) groups excluding carboxylic acids is 7. The van der Waals surface area contributed by atoms with Gasteiger partial charge in [-0.2, -0.15) is 13.5 Å². The van der Waals surface area contributed by atoms with Crippen molar-refractivity contribution in [3.63, 3.8) is 0 Å². The van der Waals surface area contributed by atoms with Crippen LogP contribution in [0.3, 0.4) is 0 Å². The number of hydrogen-bond acceptors (Lipinski definition) is 26. The number of amides is 7. The quantitative estimate of drug-likeness (QED) is 0.0181. The summed E-state index contributed by atoms with van der Waals surface area (Å²) in [6, 6.07) is 16.6. The third-order valence-electron chi connectivity index (χ3n) is 23.9. The van der Waals surface area contributed by atoms with Crippen molar-refractivity contribution in [2.45, 2.75) is 212 Å². The van der Waals surface area contributed by atoms with E-state index >= 15 is 0 Å². The zero-order chi connectivity index (χ0) is 89.0. The maximum absolute atomic E-state index is 14.3. The number of carboxylic acid groups (broad SMARTS) is 3. The van der Waals surface area contributed by atoms with E-state index in [1.54, 1.807) is 32.2 Å². The van der Waals surface area contributed by atoms with Crippen LogP contribution in [0, 0.1) is 29.1 Å².